The monoisotopic (exact) mass is 561 g/mol. The van der Waals surface area contributed by atoms with Crippen molar-refractivity contribution < 1.29 is 30.6 Å². The number of hydrogen-bond donors (Lipinski definition) is 5. The van der Waals surface area contributed by atoms with Crippen LogP contribution in [0, 0.1) is 0 Å². The normalized spacial score (nSPS) is 22.9. The number of benzene rings is 3. The number of aliphatic hydroxyl groups excluding tert-OH is 4. The van der Waals surface area contributed by atoms with Gasteiger partial charge in [-0.15, -0.1) is 0 Å². The highest BCUT2D eigenvalue weighted by atomic mass is 35.5. The van der Waals surface area contributed by atoms with Gasteiger partial charge in [-0.05, 0) is 60.1 Å². The summed E-state index contributed by atoms with van der Waals surface area (Å²) in [6.45, 7) is 3.68. The molecule has 0 saturated carbocycles. The summed E-state index contributed by atoms with van der Waals surface area (Å²) in [4.78, 5) is 0. The van der Waals surface area contributed by atoms with E-state index in [1.165, 1.54) is 11.1 Å². The van der Waals surface area contributed by atoms with Crippen LogP contribution in [0.2, 0.25) is 5.02 Å². The molecular formula is C31H44ClNO6. The third-order valence-corrected chi connectivity index (χ3v) is 6.89. The summed E-state index contributed by atoms with van der Waals surface area (Å²) < 4.78 is 5.64. The van der Waals surface area contributed by atoms with Gasteiger partial charge in [0, 0.05) is 11.1 Å². The van der Waals surface area contributed by atoms with Crippen molar-refractivity contribution in [3.63, 3.8) is 0 Å². The first-order valence-corrected chi connectivity index (χ1v) is 13.1. The van der Waals surface area contributed by atoms with Crippen molar-refractivity contribution in [3.05, 3.63) is 106 Å². The number of hydrogen-bond acceptors (Lipinski definition) is 6. The second-order valence-electron chi connectivity index (χ2n) is 9.61. The number of aliphatic hydroxyl groups is 4. The molecule has 1 heterocycles. The fourth-order valence-corrected chi connectivity index (χ4v) is 4.57. The summed E-state index contributed by atoms with van der Waals surface area (Å²) in [7, 11) is 0. The van der Waals surface area contributed by atoms with Gasteiger partial charge in [-0.1, -0.05) is 92.7 Å². The summed E-state index contributed by atoms with van der Waals surface area (Å²) in [6, 6.07) is 24.2. The first kappa shape index (κ1) is 34.7. The van der Waals surface area contributed by atoms with E-state index in [0.29, 0.717) is 17.0 Å². The SMILES string of the molecule is C.CCc1ccc(Cc2cc([C@@H]3O[C@H](CO)[C@@H](O)[C@H](O)[C@H]3O)ccc2Cl)cc1.C[C@@H](N)Cc1ccccc1.O. The van der Waals surface area contributed by atoms with Gasteiger partial charge in [0.05, 0.1) is 6.61 Å². The molecule has 0 bridgehead atoms. The van der Waals surface area contributed by atoms with Crippen molar-refractivity contribution in [3.8, 4) is 0 Å². The highest BCUT2D eigenvalue weighted by Crippen LogP contribution is 2.34. The Morgan fingerprint density at radius 2 is 1.49 bits per heavy atom. The lowest BCUT2D eigenvalue weighted by atomic mass is 9.90. The van der Waals surface area contributed by atoms with E-state index >= 15 is 0 Å². The molecule has 0 amide bonds. The van der Waals surface area contributed by atoms with E-state index in [-0.39, 0.29) is 18.9 Å². The van der Waals surface area contributed by atoms with E-state index in [9.17, 15) is 20.4 Å². The Hall–Kier alpha value is -2.33. The first-order chi connectivity index (χ1) is 17.7. The van der Waals surface area contributed by atoms with Crippen LogP contribution < -0.4 is 5.73 Å². The quantitative estimate of drug-likeness (QED) is 0.298. The molecule has 7 nitrogen and oxygen atoms in total. The Kier molecular flexibility index (Phi) is 14.9. The molecular weight excluding hydrogens is 518 g/mol. The van der Waals surface area contributed by atoms with Crippen LogP contribution in [0.15, 0.2) is 72.8 Å². The molecule has 6 atom stereocenters. The van der Waals surface area contributed by atoms with Gasteiger partial charge in [0.2, 0.25) is 0 Å². The van der Waals surface area contributed by atoms with Gasteiger partial charge in [-0.25, -0.2) is 0 Å². The van der Waals surface area contributed by atoms with Gasteiger partial charge >= 0.3 is 0 Å². The van der Waals surface area contributed by atoms with Crippen LogP contribution >= 0.6 is 11.6 Å². The zero-order valence-electron chi connectivity index (χ0n) is 21.9. The molecule has 216 valence electrons. The topological polar surface area (TPSA) is 148 Å². The predicted octanol–water partition coefficient (Wildman–Crippen LogP) is 3.40. The lowest BCUT2D eigenvalue weighted by Crippen LogP contribution is -2.55. The smallest absolute Gasteiger partial charge is 0.113 e. The van der Waals surface area contributed by atoms with Crippen molar-refractivity contribution in [1.29, 1.82) is 0 Å². The third kappa shape index (κ3) is 9.67. The molecule has 39 heavy (non-hydrogen) atoms. The Labute approximate surface area is 237 Å². The maximum atomic E-state index is 10.3. The van der Waals surface area contributed by atoms with Crippen LogP contribution in [0.1, 0.15) is 55.2 Å². The summed E-state index contributed by atoms with van der Waals surface area (Å²) >= 11 is 6.36. The minimum Gasteiger partial charge on any atom is -0.412 e. The molecule has 0 unspecified atom stereocenters. The van der Waals surface area contributed by atoms with Gasteiger partial charge in [0.15, 0.2) is 0 Å². The average molecular weight is 562 g/mol. The van der Waals surface area contributed by atoms with Crippen LogP contribution in [-0.4, -0.2) is 63.0 Å². The molecule has 0 aromatic heterocycles. The highest BCUT2D eigenvalue weighted by molar-refractivity contribution is 6.31. The maximum absolute atomic E-state index is 10.3. The minimum absolute atomic E-state index is 0. The summed E-state index contributed by atoms with van der Waals surface area (Å²) in [6.07, 6.45) is -3.30. The van der Waals surface area contributed by atoms with Crippen LogP contribution in [-0.2, 0) is 24.0 Å². The Morgan fingerprint density at radius 3 is 2.05 bits per heavy atom. The van der Waals surface area contributed by atoms with Gasteiger partial charge in [0.25, 0.3) is 0 Å². The zero-order valence-corrected chi connectivity index (χ0v) is 22.6. The summed E-state index contributed by atoms with van der Waals surface area (Å²) in [5.74, 6) is 0. The van der Waals surface area contributed by atoms with E-state index < -0.39 is 37.1 Å². The van der Waals surface area contributed by atoms with E-state index in [1.54, 1.807) is 12.1 Å². The fraction of sp³-hybridized carbons (Fsp3) is 0.419. The van der Waals surface area contributed by atoms with E-state index in [2.05, 4.69) is 43.3 Å². The van der Waals surface area contributed by atoms with Gasteiger partial charge < -0.3 is 36.4 Å². The van der Waals surface area contributed by atoms with Crippen molar-refractivity contribution in [2.75, 3.05) is 6.61 Å². The van der Waals surface area contributed by atoms with Crippen LogP contribution in [0.3, 0.4) is 0 Å². The minimum atomic E-state index is -1.40. The molecule has 4 rings (SSSR count). The molecule has 1 aliphatic rings. The summed E-state index contributed by atoms with van der Waals surface area (Å²) in [5.41, 5.74) is 10.8. The van der Waals surface area contributed by atoms with Crippen LogP contribution in [0.5, 0.6) is 0 Å². The molecule has 0 radical (unpaired) electrons. The second kappa shape index (κ2) is 16.7. The molecule has 3 aromatic rings. The van der Waals surface area contributed by atoms with Crippen LogP contribution in [0.4, 0.5) is 0 Å². The molecule has 0 spiro atoms. The summed E-state index contributed by atoms with van der Waals surface area (Å²) in [5, 5.41) is 40.3. The Balaban J connectivity index is 0.000000538. The largest absolute Gasteiger partial charge is 0.412 e. The van der Waals surface area contributed by atoms with Gasteiger partial charge in [-0.3, -0.25) is 0 Å². The highest BCUT2D eigenvalue weighted by Gasteiger charge is 2.44. The van der Waals surface area contributed by atoms with Gasteiger partial charge in [-0.2, -0.15) is 0 Å². The maximum Gasteiger partial charge on any atom is 0.113 e. The number of nitrogens with two attached hydrogens (primary N) is 1. The van der Waals surface area contributed by atoms with Crippen LogP contribution in [0.25, 0.3) is 0 Å². The second-order valence-corrected chi connectivity index (χ2v) is 10.0. The molecule has 1 fully saturated rings. The van der Waals surface area contributed by atoms with Crippen molar-refractivity contribution in [2.45, 2.75) is 77.1 Å². The van der Waals surface area contributed by atoms with E-state index in [1.807, 2.05) is 31.2 Å². The molecule has 3 aromatic carbocycles. The van der Waals surface area contributed by atoms with E-state index in [4.69, 9.17) is 22.1 Å². The van der Waals surface area contributed by atoms with Crippen molar-refractivity contribution in [2.24, 2.45) is 5.73 Å². The lowest BCUT2D eigenvalue weighted by Gasteiger charge is -2.40. The Bertz CT molecular complexity index is 1090. The molecule has 8 heteroatoms. The standard InChI is InChI=1S/C21H25ClO5.C9H13N.CH4.H2O/c1-2-12-3-5-13(6-4-12)9-15-10-14(7-8-16(15)22)21-20(26)19(25)18(24)17(11-23)27-21;1-8(10)7-9-5-3-2-4-6-9;;/h3-8,10,17-21,23-26H,2,9,11H2,1H3;2-6,8H,7,10H2,1H3;1H4;1H2/t17-,18-,19+,20-,21+;8-;;/m11../s1. The lowest BCUT2D eigenvalue weighted by molar-refractivity contribution is -0.231. The average Bonchev–Trinajstić information content (AvgIpc) is 2.90. The predicted molar refractivity (Wildman–Crippen MR) is 157 cm³/mol. The number of halogens is 1. The van der Waals surface area contributed by atoms with E-state index in [0.717, 1.165) is 24.0 Å². The number of ether oxygens (including phenoxy) is 1. The number of aryl methyl sites for hydroxylation is 1. The first-order valence-electron chi connectivity index (χ1n) is 12.7. The molecule has 1 saturated heterocycles. The van der Waals surface area contributed by atoms with Crippen molar-refractivity contribution in [1.82, 2.24) is 0 Å². The number of rotatable bonds is 7. The Morgan fingerprint density at radius 1 is 0.872 bits per heavy atom. The fourth-order valence-electron chi connectivity index (χ4n) is 4.38. The molecule has 0 aliphatic carbocycles. The molecule has 8 N–H and O–H groups in total. The third-order valence-electron chi connectivity index (χ3n) is 6.52. The van der Waals surface area contributed by atoms with Crippen molar-refractivity contribution >= 4 is 11.6 Å². The zero-order chi connectivity index (χ0) is 26.9. The van der Waals surface area contributed by atoms with Gasteiger partial charge in [0.1, 0.15) is 30.5 Å². The molecule has 1 aliphatic heterocycles.